The van der Waals surface area contributed by atoms with Gasteiger partial charge in [-0.2, -0.15) is 18.3 Å². The van der Waals surface area contributed by atoms with Crippen molar-refractivity contribution in [2.45, 2.75) is 24.4 Å². The minimum Gasteiger partial charge on any atom is -0.382 e. The summed E-state index contributed by atoms with van der Waals surface area (Å²) in [4.78, 5) is 28.7. The lowest BCUT2D eigenvalue weighted by Gasteiger charge is -2.13. The second-order valence-electron chi connectivity index (χ2n) is 8.77. The summed E-state index contributed by atoms with van der Waals surface area (Å²) in [7, 11) is 1.73. The van der Waals surface area contributed by atoms with Gasteiger partial charge in [0.1, 0.15) is 6.29 Å². The second kappa shape index (κ2) is 8.36. The van der Waals surface area contributed by atoms with Crippen molar-refractivity contribution >= 4 is 40.5 Å². The largest absolute Gasteiger partial charge is 0.416 e. The van der Waals surface area contributed by atoms with Crippen LogP contribution in [0.3, 0.4) is 0 Å². The molecule has 4 aromatic rings. The van der Waals surface area contributed by atoms with Gasteiger partial charge < -0.3 is 21.2 Å². The third-order valence-corrected chi connectivity index (χ3v) is 6.25. The number of alkyl halides is 3. The molecule has 0 unspecified atom stereocenters. The monoisotopic (exact) mass is 494 g/mol. The molecule has 1 aliphatic rings. The number of carbonyl (C=O) groups excluding carboxylic acids is 2. The van der Waals surface area contributed by atoms with Crippen molar-refractivity contribution in [3.05, 3.63) is 65.9 Å². The lowest BCUT2D eigenvalue weighted by Crippen LogP contribution is -2.19. The molecule has 2 aromatic carbocycles. The van der Waals surface area contributed by atoms with Crippen molar-refractivity contribution in [1.29, 1.82) is 0 Å². The lowest BCUT2D eigenvalue weighted by atomic mass is 9.96. The molecule has 0 saturated heterocycles. The zero-order valence-electron chi connectivity index (χ0n) is 19.1. The number of aryl methyl sites for hydroxylation is 1. The first kappa shape index (κ1) is 23.3. The van der Waals surface area contributed by atoms with Crippen molar-refractivity contribution in [3.8, 4) is 11.1 Å². The number of nitrogens with zero attached hydrogens (tertiary/aromatic N) is 3. The summed E-state index contributed by atoms with van der Waals surface area (Å²) in [5.41, 5.74) is 7.90. The molecule has 0 bridgehead atoms. The average molecular weight is 494 g/mol. The molecule has 2 heterocycles. The maximum Gasteiger partial charge on any atom is 0.416 e. The Morgan fingerprint density at radius 2 is 1.78 bits per heavy atom. The Labute approximate surface area is 203 Å². The van der Waals surface area contributed by atoms with Crippen molar-refractivity contribution < 1.29 is 22.8 Å². The number of nitrogens with one attached hydrogen (secondary N) is 2. The molecule has 0 spiro atoms. The third-order valence-electron chi connectivity index (χ3n) is 6.25. The lowest BCUT2D eigenvalue weighted by molar-refractivity contribution is -0.137. The maximum atomic E-state index is 12.9. The van der Waals surface area contributed by atoms with Gasteiger partial charge in [-0.15, -0.1) is 0 Å². The van der Waals surface area contributed by atoms with E-state index in [1.807, 2.05) is 6.07 Å². The Bertz CT molecular complexity index is 1490. The number of hydrogen-bond donors (Lipinski definition) is 3. The van der Waals surface area contributed by atoms with Crippen LogP contribution in [0, 0.1) is 0 Å². The van der Waals surface area contributed by atoms with E-state index in [0.717, 1.165) is 42.4 Å². The van der Waals surface area contributed by atoms with E-state index in [0.29, 0.717) is 28.2 Å². The van der Waals surface area contributed by atoms with E-state index < -0.39 is 23.2 Å². The van der Waals surface area contributed by atoms with Crippen LogP contribution in [0.2, 0.25) is 0 Å². The molecule has 2 amide bonds. The number of carbonyl (C=O) groups is 2. The van der Waals surface area contributed by atoms with E-state index in [1.165, 1.54) is 12.1 Å². The van der Waals surface area contributed by atoms with Gasteiger partial charge in [0.25, 0.3) is 0 Å². The van der Waals surface area contributed by atoms with Crippen LogP contribution in [-0.2, 0) is 23.4 Å². The number of anilines is 3. The van der Waals surface area contributed by atoms with E-state index >= 15 is 0 Å². The molecule has 2 aromatic heterocycles. The van der Waals surface area contributed by atoms with Crippen LogP contribution in [-0.4, -0.2) is 27.1 Å². The number of urea groups is 1. The number of benzene rings is 2. The molecule has 0 aliphatic heterocycles. The third kappa shape index (κ3) is 4.23. The van der Waals surface area contributed by atoms with Gasteiger partial charge in [-0.25, -0.2) is 14.5 Å². The molecule has 1 saturated carbocycles. The highest BCUT2D eigenvalue weighted by molar-refractivity contribution is 6.02. The van der Waals surface area contributed by atoms with Crippen LogP contribution in [0.4, 0.5) is 35.2 Å². The predicted octanol–water partition coefficient (Wildman–Crippen LogP) is 5.11. The van der Waals surface area contributed by atoms with Gasteiger partial charge in [-0.3, -0.25) is 0 Å². The minimum absolute atomic E-state index is 0.0156. The summed E-state index contributed by atoms with van der Waals surface area (Å²) in [6, 6.07) is 12.4. The highest BCUT2D eigenvalue weighted by atomic mass is 19.4. The highest BCUT2D eigenvalue weighted by Gasteiger charge is 2.46. The Morgan fingerprint density at radius 3 is 2.42 bits per heavy atom. The summed E-state index contributed by atoms with van der Waals surface area (Å²) in [5, 5.41) is 9.94. The molecule has 184 valence electrons. The normalized spacial score (nSPS) is 14.4. The fourth-order valence-electron chi connectivity index (χ4n) is 4.13. The summed E-state index contributed by atoms with van der Waals surface area (Å²) < 4.78 is 40.3. The van der Waals surface area contributed by atoms with E-state index in [9.17, 15) is 22.8 Å². The average Bonchev–Trinajstić information content (AvgIpc) is 3.59. The number of rotatable bonds is 5. The first-order chi connectivity index (χ1) is 17.1. The number of amides is 2. The molecular formula is C25H21F3N6O2. The molecule has 11 heteroatoms. The molecule has 8 nitrogen and oxygen atoms in total. The topological polar surface area (TPSA) is 115 Å². The minimum atomic E-state index is -4.51. The number of aromatic nitrogens is 3. The van der Waals surface area contributed by atoms with Gasteiger partial charge in [0, 0.05) is 18.4 Å². The zero-order valence-corrected chi connectivity index (χ0v) is 19.1. The first-order valence-electron chi connectivity index (χ1n) is 11.1. The molecule has 0 radical (unpaired) electrons. The van der Waals surface area contributed by atoms with Crippen molar-refractivity contribution in [1.82, 2.24) is 14.8 Å². The Hall–Kier alpha value is -4.41. The van der Waals surface area contributed by atoms with Crippen LogP contribution in [0.1, 0.15) is 24.1 Å². The number of aldehydes is 1. The van der Waals surface area contributed by atoms with E-state index in [-0.39, 0.29) is 5.69 Å². The Kier molecular flexibility index (Phi) is 5.42. The van der Waals surface area contributed by atoms with E-state index in [2.05, 4.69) is 20.7 Å². The number of fused-ring (bicyclic) bond motifs is 1. The SMILES string of the molecule is Cn1nc(N)c2c(-c3ccc(NC(=O)Nc4cccc(C(F)(F)F)c4)cc3)cc(C3(C=O)CC3)nc21. The molecule has 1 aliphatic carbocycles. The number of hydrogen-bond acceptors (Lipinski definition) is 5. The van der Waals surface area contributed by atoms with Crippen LogP contribution >= 0.6 is 0 Å². The zero-order chi connectivity index (χ0) is 25.7. The van der Waals surface area contributed by atoms with Crippen LogP contribution in [0.5, 0.6) is 0 Å². The van der Waals surface area contributed by atoms with E-state index in [4.69, 9.17) is 5.73 Å². The quantitative estimate of drug-likeness (QED) is 0.334. The second-order valence-corrected chi connectivity index (χ2v) is 8.77. The molecule has 5 rings (SSSR count). The predicted molar refractivity (Wildman–Crippen MR) is 129 cm³/mol. The summed E-state index contributed by atoms with van der Waals surface area (Å²) >= 11 is 0. The smallest absolute Gasteiger partial charge is 0.382 e. The standard InChI is InChI=1S/C25H21F3N6O2/c1-34-22-20(21(29)33-34)18(12-19(32-22)24(13-35)9-10-24)14-5-7-16(8-6-14)30-23(36)31-17-4-2-3-15(11-17)25(26,27)28/h2-8,11-13H,9-10H2,1H3,(H2,29,33)(H2,30,31,36). The van der Waals surface area contributed by atoms with Crippen molar-refractivity contribution in [3.63, 3.8) is 0 Å². The van der Waals surface area contributed by atoms with Crippen molar-refractivity contribution in [2.24, 2.45) is 7.05 Å². The summed E-state index contributed by atoms with van der Waals surface area (Å²) in [5.74, 6) is 0.306. The maximum absolute atomic E-state index is 12.9. The van der Waals surface area contributed by atoms with Crippen LogP contribution in [0.25, 0.3) is 22.2 Å². The summed E-state index contributed by atoms with van der Waals surface area (Å²) in [6.07, 6.45) is -2.12. The Balaban J connectivity index is 1.40. The molecule has 0 atom stereocenters. The first-order valence-corrected chi connectivity index (χ1v) is 11.1. The van der Waals surface area contributed by atoms with Gasteiger partial charge in [0.15, 0.2) is 11.5 Å². The number of halogens is 3. The van der Waals surface area contributed by atoms with Crippen LogP contribution in [0.15, 0.2) is 54.6 Å². The Morgan fingerprint density at radius 1 is 1.08 bits per heavy atom. The van der Waals surface area contributed by atoms with E-state index in [1.54, 1.807) is 36.0 Å². The summed E-state index contributed by atoms with van der Waals surface area (Å²) in [6.45, 7) is 0. The van der Waals surface area contributed by atoms with Gasteiger partial charge in [0.05, 0.1) is 22.1 Å². The van der Waals surface area contributed by atoms with Gasteiger partial charge in [-0.1, -0.05) is 18.2 Å². The molecule has 36 heavy (non-hydrogen) atoms. The molecule has 1 fully saturated rings. The fourth-order valence-corrected chi connectivity index (χ4v) is 4.13. The fraction of sp³-hybridized carbons (Fsp3) is 0.200. The highest BCUT2D eigenvalue weighted by Crippen LogP contribution is 2.47. The molecule has 4 N–H and O–H groups in total. The van der Waals surface area contributed by atoms with Gasteiger partial charge >= 0.3 is 12.2 Å². The van der Waals surface area contributed by atoms with Crippen LogP contribution < -0.4 is 16.4 Å². The number of pyridine rings is 1. The number of nitrogen functional groups attached to an aromatic ring is 1. The van der Waals surface area contributed by atoms with Gasteiger partial charge in [0.2, 0.25) is 0 Å². The van der Waals surface area contributed by atoms with Gasteiger partial charge in [-0.05, 0) is 60.4 Å². The van der Waals surface area contributed by atoms with Crippen molar-refractivity contribution in [2.75, 3.05) is 16.4 Å². The molecular weight excluding hydrogens is 473 g/mol. The number of nitrogens with two attached hydrogens (primary N) is 1.